The first kappa shape index (κ1) is 14.0. The molecule has 1 rings (SSSR count). The molecule has 0 aliphatic rings. The number of hydrogen-bond donors (Lipinski definition) is 1. The second-order valence-electron chi connectivity index (χ2n) is 4.69. The van der Waals surface area contributed by atoms with E-state index in [9.17, 15) is 4.39 Å². The smallest absolute Gasteiger partial charge is 0.129 e. The summed E-state index contributed by atoms with van der Waals surface area (Å²) in [6.07, 6.45) is 1.06. The maximum Gasteiger partial charge on any atom is 0.129 e. The number of rotatable bonds is 6. The van der Waals surface area contributed by atoms with Crippen molar-refractivity contribution in [1.29, 1.82) is 0 Å². The first-order chi connectivity index (χ1) is 8.06. The van der Waals surface area contributed by atoms with Gasteiger partial charge in [-0.3, -0.25) is 0 Å². The number of halogens is 1. The minimum Gasteiger partial charge on any atom is -0.374 e. The predicted molar refractivity (Wildman–Crippen MR) is 71.9 cm³/mol. The maximum absolute atomic E-state index is 13.8. The maximum atomic E-state index is 13.8. The summed E-state index contributed by atoms with van der Waals surface area (Å²) in [6, 6.07) is 5.64. The van der Waals surface area contributed by atoms with Gasteiger partial charge >= 0.3 is 0 Å². The van der Waals surface area contributed by atoms with E-state index in [-0.39, 0.29) is 5.82 Å². The summed E-state index contributed by atoms with van der Waals surface area (Å²) in [5, 5.41) is 3.27. The first-order valence-electron chi connectivity index (χ1n) is 6.28. The molecule has 1 aromatic rings. The van der Waals surface area contributed by atoms with E-state index in [4.69, 9.17) is 0 Å². The van der Waals surface area contributed by atoms with E-state index in [1.54, 1.807) is 6.07 Å². The van der Waals surface area contributed by atoms with Gasteiger partial charge in [0.05, 0.1) is 0 Å². The molecule has 2 nitrogen and oxygen atoms in total. The van der Waals surface area contributed by atoms with E-state index >= 15 is 0 Å². The number of anilines is 1. The Hall–Kier alpha value is -1.09. The highest BCUT2D eigenvalue weighted by atomic mass is 19.1. The molecule has 96 valence electrons. The van der Waals surface area contributed by atoms with Crippen LogP contribution >= 0.6 is 0 Å². The van der Waals surface area contributed by atoms with Gasteiger partial charge in [0.1, 0.15) is 5.82 Å². The second kappa shape index (κ2) is 6.60. The molecule has 3 heteroatoms. The van der Waals surface area contributed by atoms with Crippen molar-refractivity contribution in [1.82, 2.24) is 5.32 Å². The topological polar surface area (TPSA) is 15.3 Å². The van der Waals surface area contributed by atoms with Crippen LogP contribution in [0.1, 0.15) is 32.8 Å². The molecule has 0 saturated heterocycles. The Labute approximate surface area is 104 Å². The van der Waals surface area contributed by atoms with E-state index in [1.807, 2.05) is 13.1 Å². The molecule has 0 unspecified atom stereocenters. The van der Waals surface area contributed by atoms with Crippen LogP contribution in [0.2, 0.25) is 0 Å². The Morgan fingerprint density at radius 1 is 1.35 bits per heavy atom. The van der Waals surface area contributed by atoms with Crippen LogP contribution in [0.15, 0.2) is 18.2 Å². The van der Waals surface area contributed by atoms with Crippen LogP contribution in [0.25, 0.3) is 0 Å². The zero-order valence-electron chi connectivity index (χ0n) is 11.3. The summed E-state index contributed by atoms with van der Waals surface area (Å²) in [6.45, 7) is 7.78. The highest BCUT2D eigenvalue weighted by Crippen LogP contribution is 2.22. The van der Waals surface area contributed by atoms with Gasteiger partial charge in [0.25, 0.3) is 0 Å². The fourth-order valence-corrected chi connectivity index (χ4v) is 1.84. The Morgan fingerprint density at radius 3 is 2.65 bits per heavy atom. The quantitative estimate of drug-likeness (QED) is 0.819. The molecule has 0 aliphatic heterocycles. The number of nitrogens with zero attached hydrogens (tertiary/aromatic N) is 1. The van der Waals surface area contributed by atoms with Gasteiger partial charge in [-0.1, -0.05) is 26.8 Å². The van der Waals surface area contributed by atoms with Gasteiger partial charge in [-0.2, -0.15) is 0 Å². The normalized spacial score (nSPS) is 10.9. The van der Waals surface area contributed by atoms with Crippen LogP contribution in [-0.2, 0) is 6.54 Å². The van der Waals surface area contributed by atoms with Gasteiger partial charge in [0.15, 0.2) is 0 Å². The summed E-state index contributed by atoms with van der Waals surface area (Å²) < 4.78 is 13.8. The molecule has 0 heterocycles. The third kappa shape index (κ3) is 4.00. The van der Waals surface area contributed by atoms with Crippen molar-refractivity contribution in [3.63, 3.8) is 0 Å². The van der Waals surface area contributed by atoms with E-state index in [0.29, 0.717) is 12.6 Å². The van der Waals surface area contributed by atoms with Crippen molar-refractivity contribution < 1.29 is 4.39 Å². The third-order valence-electron chi connectivity index (χ3n) is 2.75. The molecule has 0 amide bonds. The van der Waals surface area contributed by atoms with Gasteiger partial charge in [-0.05, 0) is 18.6 Å². The molecule has 0 aromatic heterocycles. The lowest BCUT2D eigenvalue weighted by atomic mass is 10.1. The fraction of sp³-hybridized carbons (Fsp3) is 0.571. The van der Waals surface area contributed by atoms with Crippen LogP contribution in [0.4, 0.5) is 10.1 Å². The van der Waals surface area contributed by atoms with Crippen LogP contribution in [-0.4, -0.2) is 19.6 Å². The molecule has 17 heavy (non-hydrogen) atoms. The summed E-state index contributed by atoms with van der Waals surface area (Å²) in [7, 11) is 2.01. The van der Waals surface area contributed by atoms with E-state index in [1.165, 1.54) is 6.07 Å². The van der Waals surface area contributed by atoms with Crippen LogP contribution in [0, 0.1) is 5.82 Å². The van der Waals surface area contributed by atoms with Crippen molar-refractivity contribution >= 4 is 5.69 Å². The zero-order valence-corrected chi connectivity index (χ0v) is 11.3. The summed E-state index contributed by atoms with van der Waals surface area (Å²) >= 11 is 0. The average molecular weight is 238 g/mol. The molecule has 0 atom stereocenters. The lowest BCUT2D eigenvalue weighted by Crippen LogP contribution is -2.26. The second-order valence-corrected chi connectivity index (χ2v) is 4.69. The van der Waals surface area contributed by atoms with Crippen molar-refractivity contribution in [2.45, 2.75) is 39.8 Å². The Balaban J connectivity index is 2.91. The highest BCUT2D eigenvalue weighted by Gasteiger charge is 2.11. The van der Waals surface area contributed by atoms with Crippen molar-refractivity contribution in [2.75, 3.05) is 18.5 Å². The van der Waals surface area contributed by atoms with E-state index < -0.39 is 0 Å². The van der Waals surface area contributed by atoms with Crippen LogP contribution < -0.4 is 10.2 Å². The molecule has 1 N–H and O–H groups in total. The first-order valence-corrected chi connectivity index (χ1v) is 6.28. The highest BCUT2D eigenvalue weighted by molar-refractivity contribution is 5.53. The molecule has 1 aromatic carbocycles. The van der Waals surface area contributed by atoms with E-state index in [2.05, 4.69) is 31.0 Å². The van der Waals surface area contributed by atoms with Crippen molar-refractivity contribution in [3.8, 4) is 0 Å². The molecular formula is C14H23FN2. The molecule has 0 radical (unpaired) electrons. The van der Waals surface area contributed by atoms with E-state index in [0.717, 1.165) is 24.2 Å². The summed E-state index contributed by atoms with van der Waals surface area (Å²) in [5.74, 6) is -0.126. The molecule has 0 aliphatic carbocycles. The molecule has 0 spiro atoms. The van der Waals surface area contributed by atoms with Crippen LogP contribution in [0.5, 0.6) is 0 Å². The largest absolute Gasteiger partial charge is 0.374 e. The average Bonchev–Trinajstić information content (AvgIpc) is 2.27. The third-order valence-corrected chi connectivity index (χ3v) is 2.75. The SMILES string of the molecule is CCCN(C)c1cccc(F)c1CNC(C)C. The lowest BCUT2D eigenvalue weighted by molar-refractivity contribution is 0.552. The van der Waals surface area contributed by atoms with Gasteiger partial charge in [-0.15, -0.1) is 0 Å². The standard InChI is InChI=1S/C14H23FN2/c1-5-9-17(4)14-8-6-7-13(15)12(14)10-16-11(2)3/h6-8,11,16H,5,9-10H2,1-4H3. The predicted octanol–water partition coefficient (Wildman–Crippen LogP) is 3.17. The summed E-state index contributed by atoms with van der Waals surface area (Å²) in [4.78, 5) is 2.11. The molecule has 0 fully saturated rings. The summed E-state index contributed by atoms with van der Waals surface area (Å²) in [5.41, 5.74) is 1.75. The van der Waals surface area contributed by atoms with Crippen molar-refractivity contribution in [2.24, 2.45) is 0 Å². The lowest BCUT2D eigenvalue weighted by Gasteiger charge is -2.23. The number of nitrogens with one attached hydrogen (secondary N) is 1. The fourth-order valence-electron chi connectivity index (χ4n) is 1.84. The molecular weight excluding hydrogens is 215 g/mol. The van der Waals surface area contributed by atoms with Gasteiger partial charge < -0.3 is 10.2 Å². The zero-order chi connectivity index (χ0) is 12.8. The monoisotopic (exact) mass is 238 g/mol. The number of benzene rings is 1. The Morgan fingerprint density at radius 2 is 2.06 bits per heavy atom. The van der Waals surface area contributed by atoms with Crippen molar-refractivity contribution in [3.05, 3.63) is 29.6 Å². The Bertz CT molecular complexity index is 350. The molecule has 0 saturated carbocycles. The molecule has 0 bridgehead atoms. The van der Waals surface area contributed by atoms with Crippen LogP contribution in [0.3, 0.4) is 0 Å². The Kier molecular flexibility index (Phi) is 5.42. The van der Waals surface area contributed by atoms with Gasteiger partial charge in [0, 0.05) is 37.4 Å². The minimum absolute atomic E-state index is 0.126. The van der Waals surface area contributed by atoms with Gasteiger partial charge in [-0.25, -0.2) is 4.39 Å². The number of hydrogen-bond acceptors (Lipinski definition) is 2. The minimum atomic E-state index is -0.126. The van der Waals surface area contributed by atoms with Gasteiger partial charge in [0.2, 0.25) is 0 Å².